The molecule has 0 saturated heterocycles. The van der Waals surface area contributed by atoms with Gasteiger partial charge in [-0.2, -0.15) is 0 Å². The molecule has 3 N–H and O–H groups in total. The van der Waals surface area contributed by atoms with Crippen molar-refractivity contribution in [2.24, 2.45) is 5.14 Å². The summed E-state index contributed by atoms with van der Waals surface area (Å²) in [6.45, 7) is 3.33. The highest BCUT2D eigenvalue weighted by Gasteiger charge is 2.14. The molecule has 8 heteroatoms. The van der Waals surface area contributed by atoms with Gasteiger partial charge in [0.1, 0.15) is 0 Å². The van der Waals surface area contributed by atoms with E-state index in [1.807, 2.05) is 6.92 Å². The van der Waals surface area contributed by atoms with E-state index in [0.717, 1.165) is 0 Å². The fourth-order valence-electron chi connectivity index (χ4n) is 1.69. The molecule has 0 fully saturated rings. The minimum Gasteiger partial charge on any atom is -0.380 e. The fraction of sp³-hybridized carbons (Fsp3) is 0.462. The van der Waals surface area contributed by atoms with Crippen molar-refractivity contribution in [3.05, 3.63) is 29.3 Å². The number of nitrogens with two attached hydrogens (primary N) is 1. The maximum Gasteiger partial charge on any atom is 0.251 e. The van der Waals surface area contributed by atoms with Crippen LogP contribution < -0.4 is 10.5 Å². The summed E-state index contributed by atoms with van der Waals surface area (Å²) in [7, 11) is -2.41. The standard InChI is InChI=1S/C13H20N2O5S/c1-3-20-5-4-15-13(16)11-6-10(9-19-2)7-12(8-11)21(14,17)18/h6-8H,3-5,9H2,1-2H3,(H,15,16)(H2,14,17,18). The smallest absolute Gasteiger partial charge is 0.251 e. The number of methoxy groups -OCH3 is 1. The summed E-state index contributed by atoms with van der Waals surface area (Å²) in [5.41, 5.74) is 0.768. The van der Waals surface area contributed by atoms with Gasteiger partial charge in [0.15, 0.2) is 0 Å². The molecule has 1 rings (SSSR count). The van der Waals surface area contributed by atoms with Crippen LogP contribution in [0.15, 0.2) is 23.1 Å². The van der Waals surface area contributed by atoms with E-state index in [9.17, 15) is 13.2 Å². The molecule has 0 aliphatic carbocycles. The summed E-state index contributed by atoms with van der Waals surface area (Å²) in [4.78, 5) is 11.9. The first kappa shape index (κ1) is 17.6. The number of carbonyl (C=O) groups excluding carboxylic acids is 1. The molecule has 0 saturated carbocycles. The van der Waals surface area contributed by atoms with Crippen molar-refractivity contribution < 1.29 is 22.7 Å². The Labute approximate surface area is 124 Å². The third-order valence-corrected chi connectivity index (χ3v) is 3.50. The third kappa shape index (κ3) is 5.80. The maximum absolute atomic E-state index is 12.0. The lowest BCUT2D eigenvalue weighted by Gasteiger charge is -2.09. The van der Waals surface area contributed by atoms with Crippen LogP contribution in [0.5, 0.6) is 0 Å². The Balaban J connectivity index is 2.94. The Morgan fingerprint density at radius 2 is 2.05 bits per heavy atom. The van der Waals surface area contributed by atoms with E-state index >= 15 is 0 Å². The molecule has 1 aromatic rings. The van der Waals surface area contributed by atoms with Gasteiger partial charge < -0.3 is 14.8 Å². The predicted octanol–water partition coefficient (Wildman–Crippen LogP) is 0.247. The summed E-state index contributed by atoms with van der Waals surface area (Å²) >= 11 is 0. The molecule has 0 aliphatic heterocycles. The van der Waals surface area contributed by atoms with E-state index < -0.39 is 15.9 Å². The average Bonchev–Trinajstić information content (AvgIpc) is 2.42. The number of nitrogens with one attached hydrogen (secondary N) is 1. The number of carbonyl (C=O) groups is 1. The lowest BCUT2D eigenvalue weighted by molar-refractivity contribution is 0.0922. The first-order chi connectivity index (χ1) is 9.88. The summed E-state index contributed by atoms with van der Waals surface area (Å²) in [5.74, 6) is -0.391. The first-order valence-corrected chi connectivity index (χ1v) is 7.94. The molecule has 0 spiro atoms. The van der Waals surface area contributed by atoms with Gasteiger partial charge >= 0.3 is 0 Å². The number of amides is 1. The number of hydrogen-bond acceptors (Lipinski definition) is 5. The number of benzene rings is 1. The van der Waals surface area contributed by atoms with Crippen molar-refractivity contribution in [2.45, 2.75) is 18.4 Å². The minimum atomic E-state index is -3.89. The van der Waals surface area contributed by atoms with Crippen LogP contribution in [0.25, 0.3) is 0 Å². The highest BCUT2D eigenvalue weighted by molar-refractivity contribution is 7.89. The topological polar surface area (TPSA) is 108 Å². The first-order valence-electron chi connectivity index (χ1n) is 6.40. The van der Waals surface area contributed by atoms with Crippen molar-refractivity contribution in [2.75, 3.05) is 26.9 Å². The highest BCUT2D eigenvalue weighted by atomic mass is 32.2. The highest BCUT2D eigenvalue weighted by Crippen LogP contribution is 2.15. The fourth-order valence-corrected chi connectivity index (χ4v) is 2.30. The van der Waals surface area contributed by atoms with E-state index in [-0.39, 0.29) is 17.1 Å². The maximum atomic E-state index is 12.0. The van der Waals surface area contributed by atoms with Gasteiger partial charge in [0, 0.05) is 25.8 Å². The van der Waals surface area contributed by atoms with Crippen LogP contribution in [0, 0.1) is 0 Å². The second-order valence-electron chi connectivity index (χ2n) is 4.30. The van der Waals surface area contributed by atoms with Crippen molar-refractivity contribution in [3.63, 3.8) is 0 Å². The van der Waals surface area contributed by atoms with E-state index in [1.165, 1.54) is 19.2 Å². The lowest BCUT2D eigenvalue weighted by atomic mass is 10.1. The minimum absolute atomic E-state index is 0.119. The summed E-state index contributed by atoms with van der Waals surface area (Å²) in [6.07, 6.45) is 0. The van der Waals surface area contributed by atoms with Crippen molar-refractivity contribution in [3.8, 4) is 0 Å². The number of hydrogen-bond donors (Lipinski definition) is 2. The molecule has 118 valence electrons. The molecule has 0 bridgehead atoms. The van der Waals surface area contributed by atoms with Gasteiger partial charge in [-0.1, -0.05) is 0 Å². The zero-order valence-electron chi connectivity index (χ0n) is 12.1. The zero-order valence-corrected chi connectivity index (χ0v) is 12.9. The monoisotopic (exact) mass is 316 g/mol. The molecule has 21 heavy (non-hydrogen) atoms. The number of primary sulfonamides is 1. The van der Waals surface area contributed by atoms with Crippen LogP contribution in [-0.4, -0.2) is 41.2 Å². The van der Waals surface area contributed by atoms with Crippen LogP contribution >= 0.6 is 0 Å². The lowest BCUT2D eigenvalue weighted by Crippen LogP contribution is -2.27. The van der Waals surface area contributed by atoms with Crippen LogP contribution in [-0.2, 0) is 26.1 Å². The summed E-state index contributed by atoms with van der Waals surface area (Å²) in [5, 5.41) is 7.75. The Bertz CT molecular complexity index is 586. The molecule has 7 nitrogen and oxygen atoms in total. The van der Waals surface area contributed by atoms with Gasteiger partial charge in [0.25, 0.3) is 5.91 Å². The molecule has 0 aromatic heterocycles. The van der Waals surface area contributed by atoms with Gasteiger partial charge in [-0.3, -0.25) is 4.79 Å². The van der Waals surface area contributed by atoms with Crippen LogP contribution in [0.2, 0.25) is 0 Å². The van der Waals surface area contributed by atoms with E-state index in [4.69, 9.17) is 14.6 Å². The summed E-state index contributed by atoms with van der Waals surface area (Å²) in [6, 6.07) is 4.19. The van der Waals surface area contributed by atoms with Crippen molar-refractivity contribution in [1.82, 2.24) is 5.32 Å². The SMILES string of the molecule is CCOCCNC(=O)c1cc(COC)cc(S(N)(=O)=O)c1. The second-order valence-corrected chi connectivity index (χ2v) is 5.86. The second kappa shape index (κ2) is 8.08. The quantitative estimate of drug-likeness (QED) is 0.668. The molecule has 0 aliphatic rings. The van der Waals surface area contributed by atoms with E-state index in [0.29, 0.717) is 25.3 Å². The van der Waals surface area contributed by atoms with Crippen LogP contribution in [0.3, 0.4) is 0 Å². The van der Waals surface area contributed by atoms with Gasteiger partial charge in [-0.25, -0.2) is 13.6 Å². The number of rotatable bonds is 8. The van der Waals surface area contributed by atoms with E-state index in [2.05, 4.69) is 5.32 Å². The molecule has 1 aromatic carbocycles. The van der Waals surface area contributed by atoms with E-state index in [1.54, 1.807) is 6.07 Å². The van der Waals surface area contributed by atoms with Gasteiger partial charge in [0.05, 0.1) is 18.1 Å². The number of ether oxygens (including phenoxy) is 2. The largest absolute Gasteiger partial charge is 0.380 e. The van der Waals surface area contributed by atoms with Crippen molar-refractivity contribution in [1.29, 1.82) is 0 Å². The van der Waals surface area contributed by atoms with Gasteiger partial charge in [0.2, 0.25) is 10.0 Å². The number of sulfonamides is 1. The predicted molar refractivity (Wildman–Crippen MR) is 77.4 cm³/mol. The summed E-state index contributed by atoms with van der Waals surface area (Å²) < 4.78 is 33.0. The molecular weight excluding hydrogens is 296 g/mol. The third-order valence-electron chi connectivity index (χ3n) is 2.60. The Morgan fingerprint density at radius 1 is 1.33 bits per heavy atom. The van der Waals surface area contributed by atoms with Crippen LogP contribution in [0.1, 0.15) is 22.8 Å². The van der Waals surface area contributed by atoms with Crippen LogP contribution in [0.4, 0.5) is 0 Å². The Kier molecular flexibility index (Phi) is 6.76. The molecule has 0 unspecified atom stereocenters. The Morgan fingerprint density at radius 3 is 2.62 bits per heavy atom. The zero-order chi connectivity index (χ0) is 15.9. The average molecular weight is 316 g/mol. The van der Waals surface area contributed by atoms with Gasteiger partial charge in [-0.05, 0) is 30.7 Å². The molecular formula is C13H20N2O5S. The molecule has 0 atom stereocenters. The molecule has 1 amide bonds. The molecule has 0 radical (unpaired) electrons. The normalized spacial score (nSPS) is 11.4. The van der Waals surface area contributed by atoms with Crippen molar-refractivity contribution >= 4 is 15.9 Å². The van der Waals surface area contributed by atoms with Gasteiger partial charge in [-0.15, -0.1) is 0 Å². The molecule has 0 heterocycles. The Hall–Kier alpha value is -1.48.